The molecule has 0 radical (unpaired) electrons. The maximum Gasteiger partial charge on any atom is 0.228 e. The van der Waals surface area contributed by atoms with E-state index in [0.29, 0.717) is 6.42 Å². The first-order valence-corrected chi connectivity index (χ1v) is 8.46. The smallest absolute Gasteiger partial charge is 0.228 e. The summed E-state index contributed by atoms with van der Waals surface area (Å²) in [4.78, 5) is 15.5. The van der Waals surface area contributed by atoms with Gasteiger partial charge in [0.15, 0.2) is 0 Å². The second-order valence-electron chi connectivity index (χ2n) is 6.02. The van der Waals surface area contributed by atoms with E-state index >= 15 is 0 Å². The van der Waals surface area contributed by atoms with Gasteiger partial charge in [-0.05, 0) is 48.0 Å². The number of nitrogens with one attached hydrogen (secondary N) is 2. The Bertz CT molecular complexity index is 1020. The third kappa shape index (κ3) is 3.59. The standard InChI is InChI=1S/C22H18N2O2/c25-22(14-16-15-23-21-9-5-4-8-20(16)21)24-17-10-12-19(13-11-17)26-18-6-2-1-3-7-18/h1-13,15,23H,14H2,(H,24,25). The van der Waals surface area contributed by atoms with E-state index in [9.17, 15) is 4.79 Å². The Balaban J connectivity index is 1.40. The zero-order chi connectivity index (χ0) is 17.8. The lowest BCUT2D eigenvalue weighted by atomic mass is 10.1. The summed E-state index contributed by atoms with van der Waals surface area (Å²) in [6.45, 7) is 0. The van der Waals surface area contributed by atoms with E-state index in [-0.39, 0.29) is 5.91 Å². The molecule has 0 spiro atoms. The van der Waals surface area contributed by atoms with Gasteiger partial charge in [0, 0.05) is 22.8 Å². The van der Waals surface area contributed by atoms with Gasteiger partial charge in [-0.3, -0.25) is 4.79 Å². The summed E-state index contributed by atoms with van der Waals surface area (Å²) >= 11 is 0. The number of benzene rings is 3. The van der Waals surface area contributed by atoms with Crippen molar-refractivity contribution in [2.45, 2.75) is 6.42 Å². The molecule has 0 bridgehead atoms. The zero-order valence-corrected chi connectivity index (χ0v) is 14.1. The van der Waals surface area contributed by atoms with Crippen LogP contribution in [0, 0.1) is 0 Å². The van der Waals surface area contributed by atoms with Gasteiger partial charge in [0.2, 0.25) is 5.91 Å². The number of aromatic amines is 1. The van der Waals surface area contributed by atoms with Crippen LogP contribution in [0.25, 0.3) is 10.9 Å². The molecule has 4 nitrogen and oxygen atoms in total. The Labute approximate surface area is 151 Å². The fourth-order valence-corrected chi connectivity index (χ4v) is 2.89. The van der Waals surface area contributed by atoms with Crippen LogP contribution < -0.4 is 10.1 Å². The molecule has 0 saturated heterocycles. The van der Waals surface area contributed by atoms with Gasteiger partial charge < -0.3 is 15.0 Å². The number of hydrogen-bond donors (Lipinski definition) is 2. The largest absolute Gasteiger partial charge is 0.457 e. The number of para-hydroxylation sites is 2. The number of ether oxygens (including phenoxy) is 1. The van der Waals surface area contributed by atoms with Gasteiger partial charge >= 0.3 is 0 Å². The minimum absolute atomic E-state index is 0.0496. The number of fused-ring (bicyclic) bond motifs is 1. The van der Waals surface area contributed by atoms with E-state index in [1.54, 1.807) is 0 Å². The van der Waals surface area contributed by atoms with Crippen LogP contribution in [0.15, 0.2) is 85.1 Å². The van der Waals surface area contributed by atoms with E-state index in [1.165, 1.54) is 0 Å². The molecule has 26 heavy (non-hydrogen) atoms. The topological polar surface area (TPSA) is 54.1 Å². The van der Waals surface area contributed by atoms with Crippen LogP contribution in [0.3, 0.4) is 0 Å². The SMILES string of the molecule is O=C(Cc1c[nH]c2ccccc12)Nc1ccc(Oc2ccccc2)cc1. The quantitative estimate of drug-likeness (QED) is 0.527. The molecular weight excluding hydrogens is 324 g/mol. The molecule has 1 heterocycles. The van der Waals surface area contributed by atoms with Crippen molar-refractivity contribution in [1.29, 1.82) is 0 Å². The molecule has 128 valence electrons. The second-order valence-corrected chi connectivity index (χ2v) is 6.02. The first-order chi connectivity index (χ1) is 12.8. The average molecular weight is 342 g/mol. The van der Waals surface area contributed by atoms with Crippen molar-refractivity contribution in [3.05, 3.63) is 90.6 Å². The van der Waals surface area contributed by atoms with E-state index in [4.69, 9.17) is 4.74 Å². The highest BCUT2D eigenvalue weighted by molar-refractivity contribution is 5.95. The van der Waals surface area contributed by atoms with Crippen LogP contribution in [0.2, 0.25) is 0 Å². The molecule has 0 aliphatic carbocycles. The van der Waals surface area contributed by atoms with Crippen LogP contribution >= 0.6 is 0 Å². The van der Waals surface area contributed by atoms with Crippen LogP contribution in [0.5, 0.6) is 11.5 Å². The number of amides is 1. The molecule has 0 aliphatic heterocycles. The normalized spacial score (nSPS) is 10.6. The van der Waals surface area contributed by atoms with E-state index in [2.05, 4.69) is 10.3 Å². The highest BCUT2D eigenvalue weighted by Gasteiger charge is 2.09. The van der Waals surface area contributed by atoms with Crippen molar-refractivity contribution in [3.63, 3.8) is 0 Å². The number of H-pyrrole nitrogens is 1. The Morgan fingerprint density at radius 1 is 0.846 bits per heavy atom. The number of carbonyl (C=O) groups is 1. The Morgan fingerprint density at radius 2 is 1.54 bits per heavy atom. The van der Waals surface area contributed by atoms with Gasteiger partial charge in [0.1, 0.15) is 11.5 Å². The number of anilines is 1. The summed E-state index contributed by atoms with van der Waals surface area (Å²) in [5, 5.41) is 4.01. The van der Waals surface area contributed by atoms with Gasteiger partial charge in [-0.25, -0.2) is 0 Å². The molecule has 0 saturated carbocycles. The monoisotopic (exact) mass is 342 g/mol. The molecule has 0 unspecified atom stereocenters. The predicted octanol–water partition coefficient (Wildman–Crippen LogP) is 5.14. The molecule has 1 aromatic heterocycles. The maximum atomic E-state index is 12.3. The second kappa shape index (κ2) is 7.15. The lowest BCUT2D eigenvalue weighted by Crippen LogP contribution is -2.14. The summed E-state index contributed by atoms with van der Waals surface area (Å²) in [7, 11) is 0. The average Bonchev–Trinajstić information content (AvgIpc) is 3.07. The van der Waals surface area contributed by atoms with Crippen molar-refractivity contribution in [2.75, 3.05) is 5.32 Å². The minimum Gasteiger partial charge on any atom is -0.457 e. The van der Waals surface area contributed by atoms with Crippen LogP contribution in [-0.2, 0) is 11.2 Å². The summed E-state index contributed by atoms with van der Waals surface area (Å²) in [6.07, 6.45) is 2.22. The third-order valence-corrected chi connectivity index (χ3v) is 4.14. The number of rotatable bonds is 5. The highest BCUT2D eigenvalue weighted by atomic mass is 16.5. The van der Waals surface area contributed by atoms with Crippen LogP contribution in [-0.4, -0.2) is 10.9 Å². The summed E-state index contributed by atoms with van der Waals surface area (Å²) in [5.41, 5.74) is 2.77. The number of hydrogen-bond acceptors (Lipinski definition) is 2. The van der Waals surface area contributed by atoms with Crippen molar-refractivity contribution in [3.8, 4) is 11.5 Å². The molecule has 1 amide bonds. The zero-order valence-electron chi connectivity index (χ0n) is 14.1. The lowest BCUT2D eigenvalue weighted by molar-refractivity contribution is -0.115. The fraction of sp³-hybridized carbons (Fsp3) is 0.0455. The molecule has 0 atom stereocenters. The molecule has 0 fully saturated rings. The van der Waals surface area contributed by atoms with Gasteiger partial charge in [-0.1, -0.05) is 36.4 Å². The summed E-state index contributed by atoms with van der Waals surface area (Å²) in [5.74, 6) is 1.46. The van der Waals surface area contributed by atoms with Crippen molar-refractivity contribution in [2.24, 2.45) is 0 Å². The van der Waals surface area contributed by atoms with Gasteiger partial charge in [-0.15, -0.1) is 0 Å². The van der Waals surface area contributed by atoms with E-state index in [1.807, 2.05) is 85.1 Å². The highest BCUT2D eigenvalue weighted by Crippen LogP contribution is 2.23. The third-order valence-electron chi connectivity index (χ3n) is 4.14. The summed E-state index contributed by atoms with van der Waals surface area (Å²) < 4.78 is 5.75. The molecule has 2 N–H and O–H groups in total. The summed E-state index contributed by atoms with van der Waals surface area (Å²) in [6, 6.07) is 24.9. The fourth-order valence-electron chi connectivity index (χ4n) is 2.89. The van der Waals surface area contributed by atoms with Gasteiger partial charge in [0.25, 0.3) is 0 Å². The molecular formula is C22H18N2O2. The Kier molecular flexibility index (Phi) is 4.39. The molecule has 4 rings (SSSR count). The minimum atomic E-state index is -0.0496. The van der Waals surface area contributed by atoms with Crippen molar-refractivity contribution < 1.29 is 9.53 Å². The van der Waals surface area contributed by atoms with E-state index < -0.39 is 0 Å². The molecule has 3 aromatic carbocycles. The molecule has 4 heteroatoms. The van der Waals surface area contributed by atoms with Crippen LogP contribution in [0.4, 0.5) is 5.69 Å². The lowest BCUT2D eigenvalue weighted by Gasteiger charge is -2.08. The number of carbonyl (C=O) groups excluding carboxylic acids is 1. The predicted molar refractivity (Wildman–Crippen MR) is 104 cm³/mol. The number of aromatic nitrogens is 1. The Morgan fingerprint density at radius 3 is 2.35 bits per heavy atom. The van der Waals surface area contributed by atoms with Crippen LogP contribution in [0.1, 0.15) is 5.56 Å². The van der Waals surface area contributed by atoms with Gasteiger partial charge in [-0.2, -0.15) is 0 Å². The van der Waals surface area contributed by atoms with Gasteiger partial charge in [0.05, 0.1) is 6.42 Å². The van der Waals surface area contributed by atoms with Crippen molar-refractivity contribution in [1.82, 2.24) is 4.98 Å². The maximum absolute atomic E-state index is 12.3. The molecule has 0 aliphatic rings. The van der Waals surface area contributed by atoms with Crippen molar-refractivity contribution >= 4 is 22.5 Å². The first-order valence-electron chi connectivity index (χ1n) is 8.46. The Hall–Kier alpha value is -3.53. The van der Waals surface area contributed by atoms with E-state index in [0.717, 1.165) is 33.7 Å². The first kappa shape index (κ1) is 16.0. The molecule has 4 aromatic rings.